The molecular weight excluding hydrogens is 254 g/mol. The van der Waals surface area contributed by atoms with Gasteiger partial charge in [-0.25, -0.2) is 4.79 Å². The summed E-state index contributed by atoms with van der Waals surface area (Å²) in [5, 5.41) is 23.8. The first kappa shape index (κ1) is 17.9. The summed E-state index contributed by atoms with van der Waals surface area (Å²) in [6.45, 7) is 0. The van der Waals surface area contributed by atoms with Crippen LogP contribution in [0.3, 0.4) is 0 Å². The molecule has 84 valence electrons. The molecule has 16 heavy (non-hydrogen) atoms. The van der Waals surface area contributed by atoms with E-state index >= 15 is 0 Å². The first-order valence-corrected chi connectivity index (χ1v) is 4.64. The van der Waals surface area contributed by atoms with E-state index in [0.29, 0.717) is 0 Å². The smallest absolute Gasteiger partial charge is 0.633 e. The van der Waals surface area contributed by atoms with Crippen LogP contribution in [0.15, 0.2) is 0 Å². The van der Waals surface area contributed by atoms with Gasteiger partial charge in [0.15, 0.2) is 0 Å². The second kappa shape index (κ2) is 7.72. The molecule has 0 saturated heterocycles. The summed E-state index contributed by atoms with van der Waals surface area (Å²) in [4.78, 5) is 51.9. The van der Waals surface area contributed by atoms with Crippen molar-refractivity contribution in [2.75, 3.05) is 0 Å². The number of aliphatic carboxylic acids is 3. The third-order valence-electron chi connectivity index (χ3n) is 1.42. The minimum atomic E-state index is -3.63. The Morgan fingerprint density at radius 3 is 1.75 bits per heavy atom. The summed E-state index contributed by atoms with van der Waals surface area (Å²) in [5.74, 6) is -7.44. The second-order valence-electron chi connectivity index (χ2n) is 2.44. The van der Waals surface area contributed by atoms with Crippen molar-refractivity contribution in [2.24, 2.45) is 5.92 Å². The molecule has 0 radical (unpaired) electrons. The van der Waals surface area contributed by atoms with Crippen LogP contribution in [0, 0.1) is 5.92 Å². The number of carboxylic acid groups (broad SMARTS) is 3. The van der Waals surface area contributed by atoms with E-state index in [4.69, 9.17) is 15.3 Å². The van der Waals surface area contributed by atoms with E-state index < -0.39 is 43.5 Å². The number of rotatable bonds is 5. The Balaban J connectivity index is 0. The summed E-state index contributed by atoms with van der Waals surface area (Å²) >= 11 is 0. The van der Waals surface area contributed by atoms with Gasteiger partial charge in [-0.1, -0.05) is 0 Å². The molecule has 0 aliphatic heterocycles. The molecule has 0 aromatic carbocycles. The van der Waals surface area contributed by atoms with Gasteiger partial charge in [-0.2, -0.15) is 0 Å². The van der Waals surface area contributed by atoms with Crippen LogP contribution in [-0.4, -0.2) is 38.5 Å². The number of carboxylic acids is 3. The largest absolute Gasteiger partial charge is 1.00 e. The van der Waals surface area contributed by atoms with Crippen LogP contribution in [-0.2, 0) is 14.4 Å². The van der Waals surface area contributed by atoms with Gasteiger partial charge in [-0.3, -0.25) is 9.59 Å². The fraction of sp³-hybridized carbons (Fsp3) is 0.333. The van der Waals surface area contributed by atoms with Gasteiger partial charge in [-0.05, 0) is 0 Å². The summed E-state index contributed by atoms with van der Waals surface area (Å²) in [7, 11) is -3.63. The molecule has 8 nitrogen and oxygen atoms in total. The van der Waals surface area contributed by atoms with Crippen molar-refractivity contribution in [1.82, 2.24) is 0 Å². The van der Waals surface area contributed by atoms with E-state index in [1.807, 2.05) is 0 Å². The van der Waals surface area contributed by atoms with E-state index in [1.165, 1.54) is 0 Å². The van der Waals surface area contributed by atoms with E-state index in [9.17, 15) is 24.2 Å². The molecule has 0 aromatic rings. The van der Waals surface area contributed by atoms with Gasteiger partial charge < -0.3 is 25.1 Å². The number of hydrogen-bond acceptors (Lipinski definition) is 5. The molecule has 0 aliphatic rings. The molecule has 0 aromatic heterocycles. The van der Waals surface area contributed by atoms with Gasteiger partial charge in [0.1, 0.15) is 5.92 Å². The summed E-state index contributed by atoms with van der Waals surface area (Å²) in [6, 6.07) is 0. The molecule has 0 amide bonds. The molecule has 0 aliphatic carbocycles. The van der Waals surface area contributed by atoms with Gasteiger partial charge in [0.2, 0.25) is 5.29 Å². The normalized spacial score (nSPS) is 10.9. The molecule has 0 rings (SSSR count). The van der Waals surface area contributed by atoms with E-state index in [1.54, 1.807) is 0 Å². The van der Waals surface area contributed by atoms with Gasteiger partial charge in [0, 0.05) is 8.00 Å². The summed E-state index contributed by atoms with van der Waals surface area (Å²) < 4.78 is 0. The third kappa shape index (κ3) is 5.55. The Morgan fingerprint density at radius 2 is 1.56 bits per heavy atom. The molecule has 0 bridgehead atoms. The fourth-order valence-electron chi connectivity index (χ4n) is 0.830. The summed E-state index contributed by atoms with van der Waals surface area (Å²) in [6.07, 6.45) is -1.10. The molecule has 1 unspecified atom stereocenters. The Morgan fingerprint density at radius 1 is 1.12 bits per heavy atom. The Labute approximate surface area is 112 Å². The standard InChI is InChI=1S/C6H7O8P.Na/c7-3(8)1-2(5(9)10)4(6(11)12)15(13)14;/h2H,1H2,(H,7,8)(H,9,10)(H,11,12)(H,13,14);/q;+1/p-1. The van der Waals surface area contributed by atoms with Crippen LogP contribution in [0.4, 0.5) is 0 Å². The first-order chi connectivity index (χ1) is 6.77. The zero-order valence-corrected chi connectivity index (χ0v) is 11.0. The van der Waals surface area contributed by atoms with Crippen molar-refractivity contribution in [3.05, 3.63) is 0 Å². The quantitative estimate of drug-likeness (QED) is 0.326. The Bertz CT molecular complexity index is 333. The minimum Gasteiger partial charge on any atom is -0.633 e. The molecule has 3 N–H and O–H groups in total. The number of carbonyl (C=O) groups is 3. The maximum absolute atomic E-state index is 10.5. The average Bonchev–Trinajstić information content (AvgIpc) is 2.00. The van der Waals surface area contributed by atoms with Gasteiger partial charge in [-0.15, -0.1) is 0 Å². The van der Waals surface area contributed by atoms with Crippen molar-refractivity contribution in [2.45, 2.75) is 6.42 Å². The van der Waals surface area contributed by atoms with Crippen LogP contribution in [0.5, 0.6) is 0 Å². The van der Waals surface area contributed by atoms with Crippen LogP contribution >= 0.6 is 8.00 Å². The molecule has 0 spiro atoms. The van der Waals surface area contributed by atoms with E-state index in [2.05, 4.69) is 0 Å². The van der Waals surface area contributed by atoms with Crippen molar-refractivity contribution < 1.29 is 69.0 Å². The predicted octanol–water partition coefficient (Wildman–Crippen LogP) is -5.54. The second-order valence-corrected chi connectivity index (χ2v) is 3.43. The topological polar surface area (TPSA) is 158 Å². The molecule has 10 heteroatoms. The molecule has 0 saturated carbocycles. The summed E-state index contributed by atoms with van der Waals surface area (Å²) in [5.41, 5.74) is 0. The zero-order chi connectivity index (χ0) is 12.2. The van der Waals surface area contributed by atoms with Crippen LogP contribution in [0.25, 0.3) is 0 Å². The van der Waals surface area contributed by atoms with Gasteiger partial charge >= 0.3 is 47.5 Å². The molecule has 0 heterocycles. The monoisotopic (exact) mass is 260 g/mol. The first-order valence-electron chi connectivity index (χ1n) is 3.46. The Hall–Kier alpha value is -0.500. The van der Waals surface area contributed by atoms with Crippen LogP contribution in [0.2, 0.25) is 0 Å². The maximum Gasteiger partial charge on any atom is 1.00 e. The molecule has 0 fully saturated rings. The molecule has 1 atom stereocenters. The van der Waals surface area contributed by atoms with E-state index in [0.717, 1.165) is 0 Å². The van der Waals surface area contributed by atoms with Crippen LogP contribution in [0.1, 0.15) is 6.42 Å². The minimum absolute atomic E-state index is 0. The average molecular weight is 260 g/mol. The van der Waals surface area contributed by atoms with Crippen molar-refractivity contribution in [3.8, 4) is 0 Å². The predicted molar refractivity (Wildman–Crippen MR) is 42.9 cm³/mol. The molecular formula is C6H6NaO8P. The van der Waals surface area contributed by atoms with Gasteiger partial charge in [0.05, 0.1) is 6.42 Å². The van der Waals surface area contributed by atoms with Crippen LogP contribution < -0.4 is 39.3 Å². The Kier molecular flexibility index (Phi) is 8.63. The van der Waals surface area contributed by atoms with Crippen molar-refractivity contribution in [1.29, 1.82) is 0 Å². The maximum atomic E-state index is 10.5. The number of hydrogen-bond donors (Lipinski definition) is 3. The van der Waals surface area contributed by atoms with Gasteiger partial charge in [0.25, 0.3) is 0 Å². The van der Waals surface area contributed by atoms with Crippen molar-refractivity contribution in [3.63, 3.8) is 0 Å². The third-order valence-corrected chi connectivity index (χ3v) is 2.32. The zero-order valence-electron chi connectivity index (χ0n) is 8.11. The fourth-order valence-corrected chi connectivity index (χ4v) is 1.44. The van der Waals surface area contributed by atoms with E-state index in [-0.39, 0.29) is 29.6 Å². The van der Waals surface area contributed by atoms with Crippen molar-refractivity contribution >= 4 is 31.2 Å². The SMILES string of the molecule is O=C(O)CC(C(=O)O)C(C(=O)O)=[P+]([O-])[O-].[Na+].